The molecule has 2 heterocycles. The first-order valence-corrected chi connectivity index (χ1v) is 11.0. The van der Waals surface area contributed by atoms with Crippen molar-refractivity contribution in [3.05, 3.63) is 69.8 Å². The summed E-state index contributed by atoms with van der Waals surface area (Å²) in [5.41, 5.74) is 1.45. The SMILES string of the molecule is O=[N+]([O-])c1ccc2c(c1)[C@H](C#Cc1ccccc1)[C@H]1CCCC[C@]1(N1CCOCC1)O2. The lowest BCUT2D eigenvalue weighted by Crippen LogP contribution is -2.64. The van der Waals surface area contributed by atoms with Gasteiger partial charge in [0.25, 0.3) is 5.69 Å². The van der Waals surface area contributed by atoms with Crippen LogP contribution in [0.25, 0.3) is 0 Å². The second kappa shape index (κ2) is 8.33. The smallest absolute Gasteiger partial charge is 0.270 e. The van der Waals surface area contributed by atoms with Crippen molar-refractivity contribution in [1.82, 2.24) is 4.90 Å². The lowest BCUT2D eigenvalue weighted by Gasteiger charge is -2.55. The van der Waals surface area contributed by atoms with E-state index in [1.165, 1.54) is 6.07 Å². The van der Waals surface area contributed by atoms with E-state index in [0.29, 0.717) is 13.2 Å². The van der Waals surface area contributed by atoms with E-state index in [2.05, 4.69) is 16.7 Å². The van der Waals surface area contributed by atoms with Gasteiger partial charge in [0.15, 0.2) is 5.72 Å². The maximum atomic E-state index is 11.5. The molecular weight excluding hydrogens is 392 g/mol. The monoisotopic (exact) mass is 418 g/mol. The van der Waals surface area contributed by atoms with Gasteiger partial charge in [0.1, 0.15) is 5.75 Å². The van der Waals surface area contributed by atoms with Crippen molar-refractivity contribution < 1.29 is 14.4 Å². The first-order valence-electron chi connectivity index (χ1n) is 11.0. The Morgan fingerprint density at radius 3 is 2.68 bits per heavy atom. The van der Waals surface area contributed by atoms with Gasteiger partial charge in [-0.25, -0.2) is 0 Å². The summed E-state index contributed by atoms with van der Waals surface area (Å²) in [6.07, 6.45) is 4.16. The fraction of sp³-hybridized carbons (Fsp3) is 0.440. The summed E-state index contributed by atoms with van der Waals surface area (Å²) >= 11 is 0. The summed E-state index contributed by atoms with van der Waals surface area (Å²) in [7, 11) is 0. The van der Waals surface area contributed by atoms with Crippen LogP contribution in [0.15, 0.2) is 48.5 Å². The van der Waals surface area contributed by atoms with Crippen LogP contribution < -0.4 is 4.74 Å². The second-order valence-corrected chi connectivity index (χ2v) is 8.49. The van der Waals surface area contributed by atoms with E-state index in [1.54, 1.807) is 12.1 Å². The zero-order valence-corrected chi connectivity index (χ0v) is 17.5. The van der Waals surface area contributed by atoms with Crippen LogP contribution in [0.2, 0.25) is 0 Å². The van der Waals surface area contributed by atoms with Gasteiger partial charge < -0.3 is 9.47 Å². The van der Waals surface area contributed by atoms with E-state index in [4.69, 9.17) is 9.47 Å². The van der Waals surface area contributed by atoms with E-state index in [-0.39, 0.29) is 22.4 Å². The summed E-state index contributed by atoms with van der Waals surface area (Å²) in [6, 6.07) is 14.9. The van der Waals surface area contributed by atoms with E-state index in [0.717, 1.165) is 55.6 Å². The molecular formula is C25H26N2O4. The molecule has 2 aromatic carbocycles. The Morgan fingerprint density at radius 2 is 1.90 bits per heavy atom. The van der Waals surface area contributed by atoms with Gasteiger partial charge in [-0.15, -0.1) is 0 Å². The number of fused-ring (bicyclic) bond motifs is 2. The predicted octanol–water partition coefficient (Wildman–Crippen LogP) is 4.34. The van der Waals surface area contributed by atoms with Gasteiger partial charge in [-0.2, -0.15) is 0 Å². The van der Waals surface area contributed by atoms with Crippen LogP contribution in [0.3, 0.4) is 0 Å². The number of rotatable bonds is 2. The molecule has 31 heavy (non-hydrogen) atoms. The third-order valence-electron chi connectivity index (χ3n) is 6.80. The first kappa shape index (κ1) is 20.0. The van der Waals surface area contributed by atoms with E-state index < -0.39 is 5.72 Å². The molecule has 3 aliphatic rings. The minimum absolute atomic E-state index is 0.0866. The van der Waals surface area contributed by atoms with Crippen LogP contribution in [0, 0.1) is 27.9 Å². The van der Waals surface area contributed by atoms with Crippen LogP contribution in [-0.4, -0.2) is 41.9 Å². The normalized spacial score (nSPS) is 27.7. The number of non-ortho nitro benzene ring substituents is 1. The van der Waals surface area contributed by atoms with Gasteiger partial charge in [0, 0.05) is 48.7 Å². The van der Waals surface area contributed by atoms with Gasteiger partial charge in [0.2, 0.25) is 0 Å². The number of hydrogen-bond acceptors (Lipinski definition) is 5. The van der Waals surface area contributed by atoms with Crippen LogP contribution in [0.5, 0.6) is 5.75 Å². The Bertz CT molecular complexity index is 1020. The topological polar surface area (TPSA) is 64.8 Å². The predicted molar refractivity (Wildman–Crippen MR) is 117 cm³/mol. The number of hydrogen-bond donors (Lipinski definition) is 0. The highest BCUT2D eigenvalue weighted by molar-refractivity contribution is 5.52. The third-order valence-corrected chi connectivity index (χ3v) is 6.80. The minimum Gasteiger partial charge on any atom is -0.472 e. The maximum Gasteiger partial charge on any atom is 0.270 e. The molecule has 3 atom stereocenters. The molecule has 6 nitrogen and oxygen atoms in total. The van der Waals surface area contributed by atoms with Crippen molar-refractivity contribution >= 4 is 5.69 Å². The maximum absolute atomic E-state index is 11.5. The molecule has 1 saturated carbocycles. The van der Waals surface area contributed by atoms with Crippen molar-refractivity contribution in [2.45, 2.75) is 37.3 Å². The molecule has 1 aliphatic carbocycles. The van der Waals surface area contributed by atoms with Crippen LogP contribution in [-0.2, 0) is 4.74 Å². The Morgan fingerprint density at radius 1 is 1.10 bits per heavy atom. The number of nitrogens with zero attached hydrogens (tertiary/aromatic N) is 2. The molecule has 0 N–H and O–H groups in total. The third kappa shape index (κ3) is 3.69. The summed E-state index contributed by atoms with van der Waals surface area (Å²) in [5.74, 6) is 7.61. The molecule has 0 aromatic heterocycles. The number of nitro benzene ring substituents is 1. The Kier molecular flexibility index (Phi) is 5.39. The molecule has 0 bridgehead atoms. The number of ether oxygens (including phenoxy) is 2. The number of nitro groups is 1. The Hall–Kier alpha value is -2.88. The molecule has 2 fully saturated rings. The second-order valence-electron chi connectivity index (χ2n) is 8.49. The number of morpholine rings is 1. The lowest BCUT2D eigenvalue weighted by atomic mass is 9.68. The molecule has 0 radical (unpaired) electrons. The molecule has 2 aliphatic heterocycles. The van der Waals surface area contributed by atoms with Gasteiger partial charge in [-0.3, -0.25) is 15.0 Å². The highest BCUT2D eigenvalue weighted by atomic mass is 16.6. The molecule has 0 spiro atoms. The van der Waals surface area contributed by atoms with E-state index in [1.807, 2.05) is 30.3 Å². The summed E-state index contributed by atoms with van der Waals surface area (Å²) < 4.78 is 12.4. The van der Waals surface area contributed by atoms with Crippen LogP contribution >= 0.6 is 0 Å². The zero-order valence-electron chi connectivity index (χ0n) is 17.5. The molecule has 1 saturated heterocycles. The molecule has 5 rings (SSSR count). The van der Waals surface area contributed by atoms with Gasteiger partial charge in [-0.1, -0.05) is 36.5 Å². The fourth-order valence-corrected chi connectivity index (χ4v) is 5.36. The average molecular weight is 418 g/mol. The minimum atomic E-state index is -0.429. The first-order chi connectivity index (χ1) is 15.2. The van der Waals surface area contributed by atoms with Crippen LogP contribution in [0.4, 0.5) is 5.69 Å². The van der Waals surface area contributed by atoms with Gasteiger partial charge >= 0.3 is 0 Å². The summed E-state index contributed by atoms with van der Waals surface area (Å²) in [6.45, 7) is 3.06. The molecule has 160 valence electrons. The van der Waals surface area contributed by atoms with E-state index in [9.17, 15) is 10.1 Å². The zero-order chi connectivity index (χ0) is 21.3. The quantitative estimate of drug-likeness (QED) is 0.412. The van der Waals surface area contributed by atoms with Crippen LogP contribution in [0.1, 0.15) is 42.7 Å². The largest absolute Gasteiger partial charge is 0.472 e. The van der Waals surface area contributed by atoms with Gasteiger partial charge in [-0.05, 0) is 31.0 Å². The van der Waals surface area contributed by atoms with Crippen molar-refractivity contribution in [2.75, 3.05) is 26.3 Å². The highest BCUT2D eigenvalue weighted by Gasteiger charge is 2.54. The highest BCUT2D eigenvalue weighted by Crippen LogP contribution is 2.53. The van der Waals surface area contributed by atoms with Crippen molar-refractivity contribution in [2.24, 2.45) is 5.92 Å². The molecule has 0 amide bonds. The summed E-state index contributed by atoms with van der Waals surface area (Å²) in [5, 5.41) is 11.5. The Balaban J connectivity index is 1.63. The average Bonchev–Trinajstić information content (AvgIpc) is 2.82. The fourth-order valence-electron chi connectivity index (χ4n) is 5.36. The molecule has 6 heteroatoms. The number of benzene rings is 2. The van der Waals surface area contributed by atoms with Crippen molar-refractivity contribution in [3.8, 4) is 17.6 Å². The Labute approximate surface area is 182 Å². The molecule has 2 aromatic rings. The van der Waals surface area contributed by atoms with Crippen molar-refractivity contribution in [1.29, 1.82) is 0 Å². The van der Waals surface area contributed by atoms with Crippen molar-refractivity contribution in [3.63, 3.8) is 0 Å². The summed E-state index contributed by atoms with van der Waals surface area (Å²) in [4.78, 5) is 13.6. The van der Waals surface area contributed by atoms with Gasteiger partial charge in [0.05, 0.1) is 24.1 Å². The lowest BCUT2D eigenvalue weighted by molar-refractivity contribution is -0.385. The molecule has 0 unspecified atom stereocenters. The van der Waals surface area contributed by atoms with E-state index >= 15 is 0 Å². The standard InChI is InChI=1S/C25H26N2O4/c28-27(29)20-10-12-24-22(18-20)21(11-9-19-6-2-1-3-7-19)23-8-4-5-13-25(23,31-24)26-14-16-30-17-15-26/h1-3,6-7,10,12,18,21,23H,4-5,8,13-17H2/t21-,23+,25-/m0/s1.